The Bertz CT molecular complexity index is 926. The van der Waals surface area contributed by atoms with Crippen LogP contribution in [0.5, 0.6) is 0 Å². The fourth-order valence-electron chi connectivity index (χ4n) is 3.13. The number of nitrogens with zero attached hydrogens (tertiary/aromatic N) is 1. The van der Waals surface area contributed by atoms with Crippen LogP contribution in [0.15, 0.2) is 18.2 Å². The molecular formula is C18H17Cl2N3O4S. The Labute approximate surface area is 175 Å². The van der Waals surface area contributed by atoms with Crippen molar-refractivity contribution in [3.05, 3.63) is 38.8 Å². The van der Waals surface area contributed by atoms with E-state index in [-0.39, 0.29) is 33.3 Å². The number of halogens is 2. The molecule has 3 N–H and O–H groups in total. The number of benzene rings is 1. The third kappa shape index (κ3) is 5.01. The summed E-state index contributed by atoms with van der Waals surface area (Å²) in [5.74, 6) is -1.16. The molecule has 0 unspecified atom stereocenters. The van der Waals surface area contributed by atoms with E-state index in [4.69, 9.17) is 28.3 Å². The van der Waals surface area contributed by atoms with E-state index in [1.165, 1.54) is 0 Å². The van der Waals surface area contributed by atoms with E-state index in [0.717, 1.165) is 37.0 Å². The third-order valence-electron chi connectivity index (χ3n) is 4.41. The summed E-state index contributed by atoms with van der Waals surface area (Å²) in [7, 11) is 0. The minimum atomic E-state index is -1.07. The summed E-state index contributed by atoms with van der Waals surface area (Å²) < 4.78 is 0.196. The van der Waals surface area contributed by atoms with E-state index in [1.54, 1.807) is 18.2 Å². The Balaban J connectivity index is 1.73. The number of hydrogen-bond donors (Lipinski definition) is 3. The molecule has 148 valence electrons. The van der Waals surface area contributed by atoms with Gasteiger partial charge in [-0.15, -0.1) is 0 Å². The fourth-order valence-corrected chi connectivity index (χ4v) is 4.33. The average molecular weight is 442 g/mol. The van der Waals surface area contributed by atoms with Gasteiger partial charge in [0.25, 0.3) is 0 Å². The molecule has 7 nitrogen and oxygen atoms in total. The van der Waals surface area contributed by atoms with Gasteiger partial charge in [-0.2, -0.15) is 0 Å². The molecule has 0 radical (unpaired) electrons. The van der Waals surface area contributed by atoms with Crippen LogP contribution >= 0.6 is 34.5 Å². The highest BCUT2D eigenvalue weighted by atomic mass is 35.5. The lowest BCUT2D eigenvalue weighted by Gasteiger charge is -2.14. The number of carbonyl (C=O) groups excluding carboxylic acids is 2. The van der Waals surface area contributed by atoms with Crippen molar-refractivity contribution in [3.8, 4) is 0 Å². The molecule has 1 saturated carbocycles. The van der Waals surface area contributed by atoms with Crippen molar-refractivity contribution in [2.75, 3.05) is 10.6 Å². The zero-order valence-electron chi connectivity index (χ0n) is 14.6. The van der Waals surface area contributed by atoms with Crippen LogP contribution < -0.4 is 10.6 Å². The number of ketones is 1. The quantitative estimate of drug-likeness (QED) is 0.540. The molecule has 0 aliphatic heterocycles. The second kappa shape index (κ2) is 8.89. The van der Waals surface area contributed by atoms with Crippen LogP contribution in [-0.2, 0) is 11.2 Å². The first kappa shape index (κ1) is 20.6. The molecule has 1 fully saturated rings. The molecule has 1 heterocycles. The second-order valence-corrected chi connectivity index (χ2v) is 8.46. The molecule has 28 heavy (non-hydrogen) atoms. The van der Waals surface area contributed by atoms with Gasteiger partial charge >= 0.3 is 12.0 Å². The zero-order valence-corrected chi connectivity index (χ0v) is 17.0. The monoisotopic (exact) mass is 441 g/mol. The number of aliphatic carboxylic acids is 1. The highest BCUT2D eigenvalue weighted by Crippen LogP contribution is 2.32. The molecule has 0 bridgehead atoms. The van der Waals surface area contributed by atoms with Crippen LogP contribution in [-0.4, -0.2) is 27.9 Å². The van der Waals surface area contributed by atoms with Gasteiger partial charge in [0.1, 0.15) is 4.34 Å². The molecule has 2 amide bonds. The minimum absolute atomic E-state index is 0.0312. The molecule has 1 aliphatic rings. The van der Waals surface area contributed by atoms with Gasteiger partial charge in [-0.1, -0.05) is 47.4 Å². The van der Waals surface area contributed by atoms with E-state index < -0.39 is 12.0 Å². The van der Waals surface area contributed by atoms with Crippen molar-refractivity contribution >= 4 is 63.1 Å². The standard InChI is InChI=1S/C18H17Cl2N3O4S/c19-10-5-6-12(11(7-10)15(26)9-3-1-2-4-9)21-17(27)23-18-22-13(8-14(24)25)16(20)28-18/h5-7,9H,1-4,8H2,(H,24,25)(H2,21,22,23,27). The van der Waals surface area contributed by atoms with Gasteiger partial charge in [0.2, 0.25) is 0 Å². The van der Waals surface area contributed by atoms with E-state index in [1.807, 2.05) is 0 Å². The van der Waals surface area contributed by atoms with Crippen LogP contribution in [0.3, 0.4) is 0 Å². The number of carboxylic acid groups (broad SMARTS) is 1. The SMILES string of the molecule is O=C(O)Cc1nc(NC(=O)Nc2ccc(Cl)cc2C(=O)C2CCCC2)sc1Cl. The van der Waals surface area contributed by atoms with Gasteiger partial charge in [0.15, 0.2) is 10.9 Å². The molecule has 0 spiro atoms. The summed E-state index contributed by atoms with van der Waals surface area (Å²) in [6.07, 6.45) is 3.37. The van der Waals surface area contributed by atoms with E-state index >= 15 is 0 Å². The predicted molar refractivity (Wildman–Crippen MR) is 109 cm³/mol. The van der Waals surface area contributed by atoms with Gasteiger partial charge < -0.3 is 10.4 Å². The van der Waals surface area contributed by atoms with E-state index in [9.17, 15) is 14.4 Å². The van der Waals surface area contributed by atoms with Crippen LogP contribution in [0.2, 0.25) is 9.36 Å². The number of carboxylic acids is 1. The maximum atomic E-state index is 12.8. The van der Waals surface area contributed by atoms with Gasteiger partial charge in [-0.05, 0) is 31.0 Å². The lowest BCUT2D eigenvalue weighted by Crippen LogP contribution is -2.22. The molecule has 3 rings (SSSR count). The highest BCUT2D eigenvalue weighted by molar-refractivity contribution is 7.19. The number of anilines is 2. The van der Waals surface area contributed by atoms with E-state index in [0.29, 0.717) is 16.3 Å². The van der Waals surface area contributed by atoms with Crippen molar-refractivity contribution < 1.29 is 19.5 Å². The first-order valence-electron chi connectivity index (χ1n) is 8.62. The maximum Gasteiger partial charge on any atom is 0.325 e. The molecule has 0 atom stereocenters. The predicted octanol–water partition coefficient (Wildman–Crippen LogP) is 5.09. The summed E-state index contributed by atoms with van der Waals surface area (Å²) in [4.78, 5) is 40.0. The maximum absolute atomic E-state index is 12.8. The zero-order chi connectivity index (χ0) is 20.3. The van der Waals surface area contributed by atoms with Gasteiger partial charge in [0.05, 0.1) is 17.8 Å². The molecule has 1 aliphatic carbocycles. The number of urea groups is 1. The molecule has 1 aromatic carbocycles. The Morgan fingerprint density at radius 1 is 1.18 bits per heavy atom. The first-order chi connectivity index (χ1) is 13.3. The van der Waals surface area contributed by atoms with Gasteiger partial charge in [-0.3, -0.25) is 14.9 Å². The Morgan fingerprint density at radius 3 is 2.57 bits per heavy atom. The molecule has 2 aromatic rings. The first-order valence-corrected chi connectivity index (χ1v) is 10.2. The van der Waals surface area contributed by atoms with Crippen molar-refractivity contribution in [3.63, 3.8) is 0 Å². The smallest absolute Gasteiger partial charge is 0.325 e. The number of carbonyl (C=O) groups is 3. The lowest BCUT2D eigenvalue weighted by atomic mass is 9.95. The average Bonchev–Trinajstić information content (AvgIpc) is 3.26. The Morgan fingerprint density at radius 2 is 1.89 bits per heavy atom. The number of nitrogens with one attached hydrogen (secondary N) is 2. The summed E-state index contributed by atoms with van der Waals surface area (Å²) in [6.45, 7) is 0. The lowest BCUT2D eigenvalue weighted by molar-refractivity contribution is -0.136. The van der Waals surface area contributed by atoms with Crippen LogP contribution in [0.25, 0.3) is 0 Å². The highest BCUT2D eigenvalue weighted by Gasteiger charge is 2.26. The van der Waals surface area contributed by atoms with Crippen molar-refractivity contribution in [1.82, 2.24) is 4.98 Å². The fraction of sp³-hybridized carbons (Fsp3) is 0.333. The van der Waals surface area contributed by atoms with E-state index in [2.05, 4.69) is 15.6 Å². The van der Waals surface area contributed by atoms with Crippen LogP contribution in [0, 0.1) is 5.92 Å². The Kier molecular flexibility index (Phi) is 6.53. The molecular weight excluding hydrogens is 425 g/mol. The number of amides is 2. The summed E-state index contributed by atoms with van der Waals surface area (Å²) >= 11 is 13.0. The number of aromatic nitrogens is 1. The third-order valence-corrected chi connectivity index (χ3v) is 5.90. The summed E-state index contributed by atoms with van der Waals surface area (Å²) in [5, 5.41) is 14.6. The topological polar surface area (TPSA) is 108 Å². The van der Waals surface area contributed by atoms with Crippen molar-refractivity contribution in [2.24, 2.45) is 5.92 Å². The molecule has 0 saturated heterocycles. The normalized spacial score (nSPS) is 14.1. The van der Waals surface area contributed by atoms with Crippen LogP contribution in [0.1, 0.15) is 41.7 Å². The molecule has 1 aromatic heterocycles. The van der Waals surface area contributed by atoms with Crippen molar-refractivity contribution in [1.29, 1.82) is 0 Å². The Hall–Kier alpha value is -2.16. The molecule has 10 heteroatoms. The van der Waals surface area contributed by atoms with Gasteiger partial charge in [-0.25, -0.2) is 9.78 Å². The number of thiazole rings is 1. The summed E-state index contributed by atoms with van der Waals surface area (Å²) in [6, 6.07) is 4.11. The largest absolute Gasteiger partial charge is 0.481 e. The second-order valence-electron chi connectivity index (χ2n) is 6.42. The summed E-state index contributed by atoms with van der Waals surface area (Å²) in [5.41, 5.74) is 0.906. The number of Topliss-reactive ketones (excluding diaryl/α,β-unsaturated/α-hetero) is 1. The minimum Gasteiger partial charge on any atom is -0.481 e. The number of rotatable bonds is 6. The van der Waals surface area contributed by atoms with Crippen LogP contribution in [0.4, 0.5) is 15.6 Å². The number of hydrogen-bond acceptors (Lipinski definition) is 5. The van der Waals surface area contributed by atoms with Gasteiger partial charge in [0, 0.05) is 16.5 Å². The van der Waals surface area contributed by atoms with Crippen molar-refractivity contribution in [2.45, 2.75) is 32.1 Å².